The largest absolute Gasteiger partial charge is 0.252 e. The summed E-state index contributed by atoms with van der Waals surface area (Å²) in [5.41, 5.74) is 10.9. The van der Waals surface area contributed by atoms with E-state index < -0.39 is 0 Å². The van der Waals surface area contributed by atoms with Crippen LogP contribution < -0.4 is 4.57 Å². The van der Waals surface area contributed by atoms with Gasteiger partial charge in [-0.2, -0.15) is 0 Å². The van der Waals surface area contributed by atoms with Crippen molar-refractivity contribution in [2.45, 2.75) is 73.1 Å². The first-order valence-corrected chi connectivity index (χ1v) is 12.5. The minimum absolute atomic E-state index is 0.481. The van der Waals surface area contributed by atoms with Crippen LogP contribution in [0.15, 0.2) is 42.6 Å². The number of fused-ring (bicyclic) bond motifs is 3. The molecule has 0 spiro atoms. The molecule has 1 fully saturated rings. The minimum Gasteiger partial charge on any atom is -0.252 e. The van der Waals surface area contributed by atoms with Gasteiger partial charge in [0.2, 0.25) is 5.69 Å². The van der Waals surface area contributed by atoms with E-state index in [2.05, 4.69) is 95.8 Å². The van der Waals surface area contributed by atoms with Crippen LogP contribution in [0, 0.1) is 33.1 Å². The molecule has 170 valence electrons. The monoisotopic (exact) mass is 437 g/mol. The Morgan fingerprint density at radius 1 is 0.879 bits per heavy atom. The average molecular weight is 438 g/mol. The van der Waals surface area contributed by atoms with Gasteiger partial charge in [0, 0.05) is 22.5 Å². The molecule has 2 aromatic heterocycles. The second-order valence-corrected chi connectivity index (χ2v) is 11.2. The summed E-state index contributed by atoms with van der Waals surface area (Å²) < 4.78 is 2.27. The van der Waals surface area contributed by atoms with Crippen LogP contribution in [0.3, 0.4) is 0 Å². The Balaban J connectivity index is 1.76. The molecule has 0 bridgehead atoms. The molecule has 4 aromatic rings. The topological polar surface area (TPSA) is 16.8 Å². The number of nitrogens with zero attached hydrogens (tertiary/aromatic N) is 2. The maximum atomic E-state index is 5.10. The van der Waals surface area contributed by atoms with Crippen LogP contribution in [0.25, 0.3) is 32.9 Å². The van der Waals surface area contributed by atoms with Gasteiger partial charge in [0.25, 0.3) is 0 Å². The molecule has 2 aromatic carbocycles. The highest BCUT2D eigenvalue weighted by molar-refractivity contribution is 6.09. The lowest BCUT2D eigenvalue weighted by Gasteiger charge is -2.35. The molecular formula is C31H37N2+. The second-order valence-electron chi connectivity index (χ2n) is 11.2. The van der Waals surface area contributed by atoms with Crippen LogP contribution in [0.1, 0.15) is 73.4 Å². The van der Waals surface area contributed by atoms with Gasteiger partial charge in [-0.3, -0.25) is 4.98 Å². The molecular weight excluding hydrogens is 400 g/mol. The summed E-state index contributed by atoms with van der Waals surface area (Å²) in [5.74, 6) is 0.639. The fourth-order valence-electron chi connectivity index (χ4n) is 5.97. The summed E-state index contributed by atoms with van der Waals surface area (Å²) in [6.07, 6.45) is 7.38. The standard InChI is InChI=1S/C31H37N2/c1-19-16-20(2)22(4)27(17-19)30-26-9-8-24-28(23-10-13-31(5,6)14-11-23)18-21(3)32-29(24)25(26)12-15-33(30)7/h8-9,12,15-18,23H,10-11,13-14H2,1-7H3/q+1. The van der Waals surface area contributed by atoms with E-state index >= 15 is 0 Å². The molecule has 0 unspecified atom stereocenters. The van der Waals surface area contributed by atoms with Gasteiger partial charge in [0.1, 0.15) is 7.05 Å². The minimum atomic E-state index is 0.481. The highest BCUT2D eigenvalue weighted by Gasteiger charge is 2.29. The van der Waals surface area contributed by atoms with Crippen molar-refractivity contribution in [1.29, 1.82) is 0 Å². The van der Waals surface area contributed by atoms with Crippen LogP contribution >= 0.6 is 0 Å². The zero-order chi connectivity index (χ0) is 23.5. The zero-order valence-corrected chi connectivity index (χ0v) is 21.3. The van der Waals surface area contributed by atoms with Gasteiger partial charge >= 0.3 is 0 Å². The van der Waals surface area contributed by atoms with E-state index in [0.717, 1.165) is 11.2 Å². The second kappa shape index (κ2) is 7.94. The number of aromatic nitrogens is 2. The zero-order valence-electron chi connectivity index (χ0n) is 21.3. The summed E-state index contributed by atoms with van der Waals surface area (Å²) in [6, 6.07) is 13.9. The Hall–Kier alpha value is -2.74. The number of hydrogen-bond donors (Lipinski definition) is 0. The van der Waals surface area contributed by atoms with E-state index in [0.29, 0.717) is 11.3 Å². The molecule has 0 atom stereocenters. The Kier molecular flexibility index (Phi) is 5.31. The van der Waals surface area contributed by atoms with E-state index in [4.69, 9.17) is 4.98 Å². The molecule has 2 nitrogen and oxygen atoms in total. The summed E-state index contributed by atoms with van der Waals surface area (Å²) in [4.78, 5) is 5.10. The number of rotatable bonds is 2. The molecule has 2 heteroatoms. The summed E-state index contributed by atoms with van der Waals surface area (Å²) in [5, 5.41) is 3.89. The van der Waals surface area contributed by atoms with Crippen LogP contribution in [-0.2, 0) is 7.05 Å². The fraction of sp³-hybridized carbons (Fsp3) is 0.419. The Morgan fingerprint density at radius 3 is 2.30 bits per heavy atom. The highest BCUT2D eigenvalue weighted by Crippen LogP contribution is 2.45. The smallest absolute Gasteiger partial charge is 0.220 e. The summed E-state index contributed by atoms with van der Waals surface area (Å²) in [6.45, 7) is 13.7. The highest BCUT2D eigenvalue weighted by atomic mass is 14.9. The maximum absolute atomic E-state index is 5.10. The first-order chi connectivity index (χ1) is 15.6. The van der Waals surface area contributed by atoms with Crippen molar-refractivity contribution in [3.8, 4) is 11.3 Å². The normalized spacial score (nSPS) is 16.6. The van der Waals surface area contributed by atoms with Gasteiger partial charge in [-0.1, -0.05) is 31.5 Å². The SMILES string of the molecule is Cc1cc(C)c(C)c(-c2c3ccc4c(C5CCC(C)(C)CC5)cc(C)nc4c3cc[n+]2C)c1. The molecule has 0 saturated heterocycles. The lowest BCUT2D eigenvalue weighted by molar-refractivity contribution is -0.659. The summed E-state index contributed by atoms with van der Waals surface area (Å²) in [7, 11) is 2.16. The van der Waals surface area contributed by atoms with E-state index in [-0.39, 0.29) is 0 Å². The molecule has 0 aliphatic heterocycles. The quantitative estimate of drug-likeness (QED) is 0.231. The van der Waals surface area contributed by atoms with E-state index in [1.54, 1.807) is 0 Å². The van der Waals surface area contributed by atoms with Crippen LogP contribution in [-0.4, -0.2) is 4.98 Å². The van der Waals surface area contributed by atoms with E-state index in [1.807, 2.05) is 0 Å². The first kappa shape index (κ1) is 22.1. The lowest BCUT2D eigenvalue weighted by atomic mass is 9.71. The van der Waals surface area contributed by atoms with Gasteiger partial charge < -0.3 is 0 Å². The third kappa shape index (κ3) is 3.84. The van der Waals surface area contributed by atoms with E-state index in [9.17, 15) is 0 Å². The molecule has 1 aliphatic carbocycles. The predicted octanol–water partition coefficient (Wildman–Crippen LogP) is 7.80. The molecule has 0 radical (unpaired) electrons. The summed E-state index contributed by atoms with van der Waals surface area (Å²) >= 11 is 0. The van der Waals surface area contributed by atoms with Crippen molar-refractivity contribution < 1.29 is 4.57 Å². The number of pyridine rings is 2. The van der Waals surface area contributed by atoms with E-state index in [1.165, 1.54) is 75.4 Å². The first-order valence-electron chi connectivity index (χ1n) is 12.5. The molecule has 0 N–H and O–H groups in total. The average Bonchev–Trinajstić information content (AvgIpc) is 2.75. The Bertz CT molecular complexity index is 1380. The van der Waals surface area contributed by atoms with Crippen molar-refractivity contribution in [3.05, 3.63) is 70.5 Å². The number of aryl methyl sites for hydroxylation is 4. The third-order valence-electron chi connectivity index (χ3n) is 8.10. The molecule has 5 rings (SSSR count). The van der Waals surface area contributed by atoms with Gasteiger partial charge in [0.05, 0.1) is 16.5 Å². The Morgan fingerprint density at radius 2 is 1.58 bits per heavy atom. The van der Waals surface area contributed by atoms with Crippen molar-refractivity contribution in [2.24, 2.45) is 12.5 Å². The van der Waals surface area contributed by atoms with Crippen LogP contribution in [0.2, 0.25) is 0 Å². The van der Waals surface area contributed by atoms with Gasteiger partial charge in [-0.25, -0.2) is 4.57 Å². The van der Waals surface area contributed by atoms with Crippen molar-refractivity contribution in [2.75, 3.05) is 0 Å². The lowest BCUT2D eigenvalue weighted by Crippen LogP contribution is -2.31. The molecule has 33 heavy (non-hydrogen) atoms. The number of benzene rings is 2. The van der Waals surface area contributed by atoms with Crippen molar-refractivity contribution in [3.63, 3.8) is 0 Å². The van der Waals surface area contributed by atoms with Crippen LogP contribution in [0.5, 0.6) is 0 Å². The molecule has 0 amide bonds. The van der Waals surface area contributed by atoms with Crippen molar-refractivity contribution in [1.82, 2.24) is 4.98 Å². The van der Waals surface area contributed by atoms with Crippen LogP contribution in [0.4, 0.5) is 0 Å². The molecule has 1 aliphatic rings. The molecule has 2 heterocycles. The third-order valence-corrected chi connectivity index (χ3v) is 8.10. The maximum Gasteiger partial charge on any atom is 0.220 e. The van der Waals surface area contributed by atoms with Gasteiger partial charge in [0.15, 0.2) is 6.20 Å². The predicted molar refractivity (Wildman–Crippen MR) is 140 cm³/mol. The fourth-order valence-corrected chi connectivity index (χ4v) is 5.97. The Labute approximate surface area is 198 Å². The van der Waals surface area contributed by atoms with Crippen molar-refractivity contribution >= 4 is 21.7 Å². The van der Waals surface area contributed by atoms with Gasteiger partial charge in [-0.15, -0.1) is 0 Å². The molecule has 1 saturated carbocycles. The van der Waals surface area contributed by atoms with Gasteiger partial charge in [-0.05, 0) is 99.6 Å². The number of hydrogen-bond acceptors (Lipinski definition) is 1.